The molecule has 26 heavy (non-hydrogen) atoms. The van der Waals surface area contributed by atoms with Crippen molar-refractivity contribution in [3.8, 4) is 5.75 Å². The lowest BCUT2D eigenvalue weighted by Crippen LogP contribution is -2.45. The van der Waals surface area contributed by atoms with Gasteiger partial charge in [0.25, 0.3) is 0 Å². The molecule has 8 heteroatoms. The Kier molecular flexibility index (Phi) is 7.59. The summed E-state index contributed by atoms with van der Waals surface area (Å²) in [6.45, 7) is 10.2. The van der Waals surface area contributed by atoms with E-state index in [1.807, 2.05) is 0 Å². The van der Waals surface area contributed by atoms with Crippen LogP contribution in [0.15, 0.2) is 18.2 Å². The number of imide groups is 1. The largest absolute Gasteiger partial charge is 0.490 e. The Hall–Kier alpha value is -1.66. The standard InChI is InChI=1S/C18H25Cl2NO5/c1-17(2,3)25-15(22)21(16(23)26-18(4,5)6)9-10-24-14-8-7-12(19)11-13(14)20/h7-8,11H,9-10H2,1-6H3. The van der Waals surface area contributed by atoms with Crippen molar-refractivity contribution < 1.29 is 23.8 Å². The zero-order chi connectivity index (χ0) is 20.1. The fourth-order valence-corrected chi connectivity index (χ4v) is 2.19. The van der Waals surface area contributed by atoms with Gasteiger partial charge < -0.3 is 14.2 Å². The average molecular weight is 406 g/mol. The number of hydrogen-bond donors (Lipinski definition) is 0. The molecule has 1 aromatic carbocycles. The number of nitrogens with zero attached hydrogens (tertiary/aromatic N) is 1. The Morgan fingerprint density at radius 2 is 1.46 bits per heavy atom. The molecule has 0 bridgehead atoms. The van der Waals surface area contributed by atoms with Crippen LogP contribution in [-0.4, -0.2) is 41.4 Å². The Balaban J connectivity index is 2.81. The molecule has 0 radical (unpaired) electrons. The second-order valence-corrected chi connectivity index (χ2v) is 8.38. The Morgan fingerprint density at radius 3 is 1.88 bits per heavy atom. The van der Waals surface area contributed by atoms with Gasteiger partial charge in [0.2, 0.25) is 0 Å². The van der Waals surface area contributed by atoms with E-state index in [0.717, 1.165) is 4.90 Å². The first-order valence-corrected chi connectivity index (χ1v) is 8.85. The minimum absolute atomic E-state index is 0.0137. The Bertz CT molecular complexity index is 622. The zero-order valence-electron chi connectivity index (χ0n) is 15.9. The van der Waals surface area contributed by atoms with Gasteiger partial charge in [-0.2, -0.15) is 0 Å². The first kappa shape index (κ1) is 22.4. The summed E-state index contributed by atoms with van der Waals surface area (Å²) in [5, 5.41) is 0.810. The van der Waals surface area contributed by atoms with Crippen LogP contribution in [0.1, 0.15) is 41.5 Å². The minimum atomic E-state index is -0.808. The maximum atomic E-state index is 12.3. The fourth-order valence-electron chi connectivity index (χ4n) is 1.73. The van der Waals surface area contributed by atoms with Gasteiger partial charge in [-0.1, -0.05) is 23.2 Å². The molecule has 1 aromatic rings. The number of rotatable bonds is 4. The van der Waals surface area contributed by atoms with Crippen molar-refractivity contribution >= 4 is 35.4 Å². The quantitative estimate of drug-likeness (QED) is 0.657. The van der Waals surface area contributed by atoms with Crippen LogP contribution >= 0.6 is 23.2 Å². The normalized spacial score (nSPS) is 11.7. The third-order valence-corrected chi connectivity index (χ3v) is 3.22. The first-order chi connectivity index (χ1) is 11.8. The molecule has 0 aliphatic carbocycles. The van der Waals surface area contributed by atoms with Crippen LogP contribution in [-0.2, 0) is 9.47 Å². The van der Waals surface area contributed by atoms with Gasteiger partial charge in [0.15, 0.2) is 0 Å². The van der Waals surface area contributed by atoms with E-state index < -0.39 is 23.4 Å². The molecular formula is C18H25Cl2NO5. The maximum absolute atomic E-state index is 12.3. The number of amides is 2. The van der Waals surface area contributed by atoms with Crippen LogP contribution in [0.5, 0.6) is 5.75 Å². The smallest absolute Gasteiger partial charge is 0.419 e. The van der Waals surface area contributed by atoms with Crippen molar-refractivity contribution in [2.24, 2.45) is 0 Å². The summed E-state index contributed by atoms with van der Waals surface area (Å²) in [6.07, 6.45) is -1.62. The highest BCUT2D eigenvalue weighted by Gasteiger charge is 2.31. The van der Waals surface area contributed by atoms with Crippen LogP contribution in [0.25, 0.3) is 0 Å². The molecule has 0 N–H and O–H groups in total. The van der Waals surface area contributed by atoms with E-state index in [-0.39, 0.29) is 13.2 Å². The van der Waals surface area contributed by atoms with Crippen molar-refractivity contribution in [1.82, 2.24) is 4.90 Å². The van der Waals surface area contributed by atoms with Crippen LogP contribution in [0.3, 0.4) is 0 Å². The summed E-state index contributed by atoms with van der Waals surface area (Å²) >= 11 is 11.9. The molecule has 0 spiro atoms. The molecule has 1 rings (SSSR count). The number of halogens is 2. The maximum Gasteiger partial charge on any atom is 0.419 e. The van der Waals surface area contributed by atoms with Gasteiger partial charge in [-0.3, -0.25) is 0 Å². The molecule has 0 heterocycles. The van der Waals surface area contributed by atoms with Gasteiger partial charge in [0.1, 0.15) is 23.6 Å². The van der Waals surface area contributed by atoms with E-state index in [4.69, 9.17) is 37.4 Å². The molecule has 6 nitrogen and oxygen atoms in total. The minimum Gasteiger partial charge on any atom is -0.490 e. The SMILES string of the molecule is CC(C)(C)OC(=O)N(CCOc1ccc(Cl)cc1Cl)C(=O)OC(C)(C)C. The third kappa shape index (κ3) is 8.15. The van der Waals surface area contributed by atoms with Gasteiger partial charge in [-0.05, 0) is 59.7 Å². The Morgan fingerprint density at radius 1 is 0.962 bits per heavy atom. The highest BCUT2D eigenvalue weighted by Crippen LogP contribution is 2.27. The molecule has 0 saturated carbocycles. The summed E-state index contributed by atoms with van der Waals surface area (Å²) in [5.41, 5.74) is -1.50. The van der Waals surface area contributed by atoms with Crippen LogP contribution < -0.4 is 4.74 Å². The van der Waals surface area contributed by atoms with Crippen LogP contribution in [0, 0.1) is 0 Å². The second-order valence-electron chi connectivity index (χ2n) is 7.54. The summed E-state index contributed by atoms with van der Waals surface area (Å²) in [6, 6.07) is 4.77. The monoisotopic (exact) mass is 405 g/mol. The molecule has 0 aromatic heterocycles. The van der Waals surface area contributed by atoms with Gasteiger partial charge in [0.05, 0.1) is 11.6 Å². The van der Waals surface area contributed by atoms with E-state index in [9.17, 15) is 9.59 Å². The molecule has 0 fully saturated rings. The van der Waals surface area contributed by atoms with E-state index in [0.29, 0.717) is 15.8 Å². The summed E-state index contributed by atoms with van der Waals surface area (Å²) < 4.78 is 16.1. The number of ether oxygens (including phenoxy) is 3. The van der Waals surface area contributed by atoms with Crippen molar-refractivity contribution in [2.75, 3.05) is 13.2 Å². The molecule has 0 aliphatic rings. The zero-order valence-corrected chi connectivity index (χ0v) is 17.4. The van der Waals surface area contributed by atoms with E-state index in [1.54, 1.807) is 53.7 Å². The van der Waals surface area contributed by atoms with Gasteiger partial charge >= 0.3 is 12.2 Å². The number of carbonyl (C=O) groups excluding carboxylic acids is 2. The lowest BCUT2D eigenvalue weighted by atomic mass is 10.2. The molecular weight excluding hydrogens is 381 g/mol. The average Bonchev–Trinajstić information content (AvgIpc) is 2.41. The molecule has 0 saturated heterocycles. The number of hydrogen-bond acceptors (Lipinski definition) is 5. The molecule has 146 valence electrons. The summed E-state index contributed by atoms with van der Waals surface area (Å²) in [4.78, 5) is 25.5. The van der Waals surface area contributed by atoms with Crippen molar-refractivity contribution in [2.45, 2.75) is 52.7 Å². The predicted octanol–water partition coefficient (Wildman–Crippen LogP) is 5.54. The highest BCUT2D eigenvalue weighted by molar-refractivity contribution is 6.35. The molecule has 0 aliphatic heterocycles. The van der Waals surface area contributed by atoms with Crippen LogP contribution in [0.2, 0.25) is 10.0 Å². The topological polar surface area (TPSA) is 65.1 Å². The summed E-state index contributed by atoms with van der Waals surface area (Å²) in [5.74, 6) is 0.393. The van der Waals surface area contributed by atoms with Crippen LogP contribution in [0.4, 0.5) is 9.59 Å². The molecule has 0 unspecified atom stereocenters. The number of carbonyl (C=O) groups is 2. The van der Waals surface area contributed by atoms with E-state index >= 15 is 0 Å². The highest BCUT2D eigenvalue weighted by atomic mass is 35.5. The third-order valence-electron chi connectivity index (χ3n) is 2.69. The fraction of sp³-hybridized carbons (Fsp3) is 0.556. The first-order valence-electron chi connectivity index (χ1n) is 8.10. The van der Waals surface area contributed by atoms with E-state index in [2.05, 4.69) is 0 Å². The lowest BCUT2D eigenvalue weighted by Gasteiger charge is -2.28. The lowest BCUT2D eigenvalue weighted by molar-refractivity contribution is -0.000666. The van der Waals surface area contributed by atoms with Gasteiger partial charge in [-0.15, -0.1) is 0 Å². The number of benzene rings is 1. The van der Waals surface area contributed by atoms with E-state index in [1.165, 1.54) is 6.07 Å². The Labute approximate surface area is 164 Å². The van der Waals surface area contributed by atoms with Crippen molar-refractivity contribution in [3.05, 3.63) is 28.2 Å². The van der Waals surface area contributed by atoms with Crippen molar-refractivity contribution in [3.63, 3.8) is 0 Å². The summed E-state index contributed by atoms with van der Waals surface area (Å²) in [7, 11) is 0. The predicted molar refractivity (Wildman–Crippen MR) is 101 cm³/mol. The van der Waals surface area contributed by atoms with Gasteiger partial charge in [0, 0.05) is 5.02 Å². The molecule has 2 amide bonds. The van der Waals surface area contributed by atoms with Gasteiger partial charge in [-0.25, -0.2) is 14.5 Å². The van der Waals surface area contributed by atoms with Crippen molar-refractivity contribution in [1.29, 1.82) is 0 Å². The molecule has 0 atom stereocenters. The second kappa shape index (κ2) is 8.82.